The van der Waals surface area contributed by atoms with E-state index in [4.69, 9.17) is 11.6 Å². The Hall–Kier alpha value is -2.15. The van der Waals surface area contributed by atoms with Gasteiger partial charge in [0.05, 0.1) is 10.8 Å². The standard InChI is InChI=1S/C16H18ClN3O4/c17-13-6-5-11(8-14(13)20(23)24)18-16(22)10-7-15(21)19(9-10)12-3-1-2-4-12/h5-6,8,10,12H,1-4,7,9H2,(H,18,22)/t10-/m0/s1. The van der Waals surface area contributed by atoms with Crippen molar-refractivity contribution in [2.24, 2.45) is 5.92 Å². The van der Waals surface area contributed by atoms with E-state index in [9.17, 15) is 19.7 Å². The van der Waals surface area contributed by atoms with Gasteiger partial charge in [-0.25, -0.2) is 0 Å². The average Bonchev–Trinajstić information content (AvgIpc) is 3.18. The second-order valence-electron chi connectivity index (χ2n) is 6.30. The van der Waals surface area contributed by atoms with Gasteiger partial charge in [0.25, 0.3) is 5.69 Å². The van der Waals surface area contributed by atoms with E-state index < -0.39 is 10.8 Å². The predicted molar refractivity (Wildman–Crippen MR) is 88.8 cm³/mol. The van der Waals surface area contributed by atoms with E-state index in [1.807, 2.05) is 4.90 Å². The topological polar surface area (TPSA) is 92.5 Å². The van der Waals surface area contributed by atoms with Gasteiger partial charge in [-0.3, -0.25) is 19.7 Å². The number of hydrogen-bond acceptors (Lipinski definition) is 4. The van der Waals surface area contributed by atoms with Gasteiger partial charge < -0.3 is 10.2 Å². The molecule has 1 N–H and O–H groups in total. The summed E-state index contributed by atoms with van der Waals surface area (Å²) in [6.07, 6.45) is 4.45. The first-order valence-electron chi connectivity index (χ1n) is 8.00. The number of carbonyl (C=O) groups excluding carboxylic acids is 2. The number of hydrogen-bond donors (Lipinski definition) is 1. The summed E-state index contributed by atoms with van der Waals surface area (Å²) in [7, 11) is 0. The van der Waals surface area contributed by atoms with Crippen LogP contribution in [0, 0.1) is 16.0 Å². The summed E-state index contributed by atoms with van der Waals surface area (Å²) in [5, 5.41) is 13.6. The Labute approximate surface area is 144 Å². The summed E-state index contributed by atoms with van der Waals surface area (Å²) < 4.78 is 0. The monoisotopic (exact) mass is 351 g/mol. The number of nitro benzene ring substituents is 1. The number of nitro groups is 1. The minimum atomic E-state index is -0.598. The van der Waals surface area contributed by atoms with Gasteiger partial charge in [-0.1, -0.05) is 24.4 Å². The summed E-state index contributed by atoms with van der Waals surface area (Å²) in [6, 6.07) is 4.37. The quantitative estimate of drug-likeness (QED) is 0.666. The fourth-order valence-electron chi connectivity index (χ4n) is 3.45. The molecule has 1 saturated carbocycles. The minimum absolute atomic E-state index is 0.0152. The van der Waals surface area contributed by atoms with Crippen LogP contribution in [0.4, 0.5) is 11.4 Å². The van der Waals surface area contributed by atoms with Crippen LogP contribution in [0.5, 0.6) is 0 Å². The molecule has 1 atom stereocenters. The fraction of sp³-hybridized carbons (Fsp3) is 0.500. The molecular weight excluding hydrogens is 334 g/mol. The van der Waals surface area contributed by atoms with Gasteiger partial charge in [0.1, 0.15) is 5.02 Å². The lowest BCUT2D eigenvalue weighted by Gasteiger charge is -2.23. The number of nitrogens with zero attached hydrogens (tertiary/aromatic N) is 2. The summed E-state index contributed by atoms with van der Waals surface area (Å²) in [5.41, 5.74) is 0.0485. The van der Waals surface area contributed by atoms with Crippen LogP contribution >= 0.6 is 11.6 Å². The number of rotatable bonds is 4. The van der Waals surface area contributed by atoms with Crippen LogP contribution in [-0.4, -0.2) is 34.2 Å². The zero-order valence-electron chi connectivity index (χ0n) is 13.0. The van der Waals surface area contributed by atoms with Gasteiger partial charge in [0.15, 0.2) is 0 Å². The van der Waals surface area contributed by atoms with Crippen molar-refractivity contribution in [3.05, 3.63) is 33.3 Å². The Morgan fingerprint density at radius 3 is 2.71 bits per heavy atom. The first-order chi connectivity index (χ1) is 11.5. The van der Waals surface area contributed by atoms with Crippen molar-refractivity contribution in [1.29, 1.82) is 0 Å². The zero-order valence-corrected chi connectivity index (χ0v) is 13.8. The number of anilines is 1. The van der Waals surface area contributed by atoms with Gasteiger partial charge in [0.2, 0.25) is 11.8 Å². The molecule has 1 aliphatic heterocycles. The normalized spacial score (nSPS) is 21.3. The molecule has 1 heterocycles. The van der Waals surface area contributed by atoms with Gasteiger partial charge in [-0.05, 0) is 25.0 Å². The molecule has 1 aromatic rings. The van der Waals surface area contributed by atoms with Crippen molar-refractivity contribution in [3.63, 3.8) is 0 Å². The van der Waals surface area contributed by atoms with Crippen LogP contribution in [0.1, 0.15) is 32.1 Å². The van der Waals surface area contributed by atoms with E-state index >= 15 is 0 Å². The molecule has 3 rings (SSSR count). The third-order valence-corrected chi connectivity index (χ3v) is 5.02. The lowest BCUT2D eigenvalue weighted by Crippen LogP contribution is -2.35. The number of carbonyl (C=O) groups is 2. The largest absolute Gasteiger partial charge is 0.339 e. The van der Waals surface area contributed by atoms with E-state index in [0.29, 0.717) is 12.2 Å². The Kier molecular flexibility index (Phi) is 4.71. The third-order valence-electron chi connectivity index (χ3n) is 4.71. The Balaban J connectivity index is 1.66. The SMILES string of the molecule is O=C(Nc1ccc(Cl)c([N+](=O)[O-])c1)[C@H]1CC(=O)N(C2CCCC2)C1. The zero-order chi connectivity index (χ0) is 17.3. The van der Waals surface area contributed by atoms with Crippen molar-refractivity contribution >= 4 is 34.8 Å². The molecule has 7 nitrogen and oxygen atoms in total. The van der Waals surface area contributed by atoms with Gasteiger partial charge in [-0.2, -0.15) is 0 Å². The predicted octanol–water partition coefficient (Wildman–Crippen LogP) is 2.98. The second kappa shape index (κ2) is 6.76. The molecule has 0 aromatic heterocycles. The molecule has 2 aliphatic rings. The smallest absolute Gasteiger partial charge is 0.289 e. The first-order valence-corrected chi connectivity index (χ1v) is 8.38. The van der Waals surface area contributed by atoms with E-state index in [2.05, 4.69) is 5.32 Å². The summed E-state index contributed by atoms with van der Waals surface area (Å²) >= 11 is 5.76. The van der Waals surface area contributed by atoms with Crippen molar-refractivity contribution < 1.29 is 14.5 Å². The molecule has 128 valence electrons. The molecule has 0 radical (unpaired) electrons. The molecule has 1 saturated heterocycles. The maximum Gasteiger partial charge on any atom is 0.289 e. The summed E-state index contributed by atoms with van der Waals surface area (Å²) in [5.74, 6) is -0.697. The number of likely N-dealkylation sites (tertiary alicyclic amines) is 1. The maximum absolute atomic E-state index is 12.4. The average molecular weight is 352 g/mol. The molecule has 0 bridgehead atoms. The lowest BCUT2D eigenvalue weighted by atomic mass is 10.1. The third kappa shape index (κ3) is 3.36. The molecule has 0 unspecified atom stereocenters. The molecule has 24 heavy (non-hydrogen) atoms. The highest BCUT2D eigenvalue weighted by Gasteiger charge is 2.38. The van der Waals surface area contributed by atoms with Crippen molar-refractivity contribution in [3.8, 4) is 0 Å². The molecule has 8 heteroatoms. The van der Waals surface area contributed by atoms with Crippen LogP contribution in [-0.2, 0) is 9.59 Å². The Bertz CT molecular complexity index is 688. The Morgan fingerprint density at radius 1 is 1.33 bits per heavy atom. The molecular formula is C16H18ClN3O4. The lowest BCUT2D eigenvalue weighted by molar-refractivity contribution is -0.384. The first kappa shape index (κ1) is 16.7. The second-order valence-corrected chi connectivity index (χ2v) is 6.71. The van der Waals surface area contributed by atoms with Crippen LogP contribution in [0.2, 0.25) is 5.02 Å². The van der Waals surface area contributed by atoms with E-state index in [-0.39, 0.29) is 35.0 Å². The number of benzene rings is 1. The maximum atomic E-state index is 12.4. The number of amides is 2. The number of nitrogens with one attached hydrogen (secondary N) is 1. The molecule has 1 aliphatic carbocycles. The van der Waals surface area contributed by atoms with Gasteiger partial charge in [0, 0.05) is 30.8 Å². The van der Waals surface area contributed by atoms with Crippen LogP contribution in [0.25, 0.3) is 0 Å². The highest BCUT2D eigenvalue weighted by molar-refractivity contribution is 6.32. The molecule has 0 spiro atoms. The van der Waals surface area contributed by atoms with Crippen molar-refractivity contribution in [1.82, 2.24) is 4.90 Å². The highest BCUT2D eigenvalue weighted by Crippen LogP contribution is 2.31. The van der Waals surface area contributed by atoms with Crippen LogP contribution in [0.3, 0.4) is 0 Å². The minimum Gasteiger partial charge on any atom is -0.339 e. The van der Waals surface area contributed by atoms with Crippen LogP contribution in [0.15, 0.2) is 18.2 Å². The number of halogens is 1. The molecule has 2 fully saturated rings. The van der Waals surface area contributed by atoms with Crippen molar-refractivity contribution in [2.75, 3.05) is 11.9 Å². The van der Waals surface area contributed by atoms with Gasteiger partial charge >= 0.3 is 0 Å². The van der Waals surface area contributed by atoms with Crippen molar-refractivity contribution in [2.45, 2.75) is 38.1 Å². The van der Waals surface area contributed by atoms with Gasteiger partial charge in [-0.15, -0.1) is 0 Å². The summed E-state index contributed by atoms with van der Waals surface area (Å²) in [4.78, 5) is 36.7. The van der Waals surface area contributed by atoms with Crippen LogP contribution < -0.4 is 5.32 Å². The van der Waals surface area contributed by atoms with E-state index in [1.54, 1.807) is 0 Å². The fourth-order valence-corrected chi connectivity index (χ4v) is 3.64. The highest BCUT2D eigenvalue weighted by atomic mass is 35.5. The molecule has 1 aromatic carbocycles. The molecule has 2 amide bonds. The van der Waals surface area contributed by atoms with E-state index in [0.717, 1.165) is 25.7 Å². The summed E-state index contributed by atoms with van der Waals surface area (Å²) in [6.45, 7) is 0.422. The van der Waals surface area contributed by atoms with E-state index in [1.165, 1.54) is 18.2 Å². The Morgan fingerprint density at radius 2 is 2.04 bits per heavy atom.